The molecular weight excluding hydrogens is 354 g/mol. The van der Waals surface area contributed by atoms with E-state index in [2.05, 4.69) is 15.8 Å². The molecule has 2 aromatic carbocycles. The molecule has 2 aromatic rings. The fourth-order valence-corrected chi connectivity index (χ4v) is 2.32. The lowest BCUT2D eigenvalue weighted by molar-refractivity contribution is -0.123. The number of carbonyl (C=O) groups excluding carboxylic acids is 2. The Kier molecular flexibility index (Phi) is 6.74. The molecule has 1 atom stereocenters. The lowest BCUT2D eigenvalue weighted by Crippen LogP contribution is -2.48. The van der Waals surface area contributed by atoms with Crippen molar-refractivity contribution < 1.29 is 14.7 Å². The summed E-state index contributed by atoms with van der Waals surface area (Å²) < 4.78 is 0. The molecule has 7 heteroatoms. The smallest absolute Gasteiger partial charge is 0.262 e. The van der Waals surface area contributed by atoms with E-state index in [1.165, 1.54) is 12.3 Å². The Labute approximate surface area is 156 Å². The van der Waals surface area contributed by atoms with Crippen LogP contribution in [0.15, 0.2) is 53.6 Å². The number of phenols is 1. The van der Waals surface area contributed by atoms with E-state index in [-0.39, 0.29) is 17.6 Å². The highest BCUT2D eigenvalue weighted by Gasteiger charge is 2.24. The first-order valence-corrected chi connectivity index (χ1v) is 8.43. The quantitative estimate of drug-likeness (QED) is 0.537. The van der Waals surface area contributed by atoms with Gasteiger partial charge in [0, 0.05) is 16.1 Å². The van der Waals surface area contributed by atoms with E-state index in [4.69, 9.17) is 11.6 Å². The average molecular weight is 374 g/mol. The summed E-state index contributed by atoms with van der Waals surface area (Å²) in [5.41, 5.74) is 3.27. The number of nitrogens with one attached hydrogen (secondary N) is 2. The first kappa shape index (κ1) is 19.5. The maximum Gasteiger partial charge on any atom is 0.262 e. The molecule has 136 valence electrons. The lowest BCUT2D eigenvalue weighted by Gasteiger charge is -2.20. The molecule has 0 saturated heterocycles. The minimum atomic E-state index is -0.764. The molecule has 0 aliphatic heterocycles. The first-order chi connectivity index (χ1) is 12.4. The molecule has 1 unspecified atom stereocenters. The van der Waals surface area contributed by atoms with Crippen molar-refractivity contribution in [3.05, 3.63) is 64.7 Å². The Morgan fingerprint density at radius 1 is 1.12 bits per heavy atom. The second-order valence-corrected chi connectivity index (χ2v) is 6.43. The van der Waals surface area contributed by atoms with Gasteiger partial charge in [-0.2, -0.15) is 5.10 Å². The van der Waals surface area contributed by atoms with Crippen LogP contribution < -0.4 is 10.7 Å². The highest BCUT2D eigenvalue weighted by molar-refractivity contribution is 6.30. The van der Waals surface area contributed by atoms with Crippen LogP contribution in [0.1, 0.15) is 29.8 Å². The largest absolute Gasteiger partial charge is 0.507 e. The molecule has 0 radical (unpaired) electrons. The van der Waals surface area contributed by atoms with E-state index in [1.807, 2.05) is 13.8 Å². The van der Waals surface area contributed by atoms with Gasteiger partial charge in [-0.15, -0.1) is 0 Å². The van der Waals surface area contributed by atoms with Crippen molar-refractivity contribution in [2.45, 2.75) is 19.9 Å². The summed E-state index contributed by atoms with van der Waals surface area (Å²) >= 11 is 5.81. The predicted molar refractivity (Wildman–Crippen MR) is 101 cm³/mol. The second-order valence-electron chi connectivity index (χ2n) is 6.00. The van der Waals surface area contributed by atoms with Crippen LogP contribution in [0.3, 0.4) is 0 Å². The van der Waals surface area contributed by atoms with E-state index in [9.17, 15) is 14.7 Å². The van der Waals surface area contributed by atoms with Crippen molar-refractivity contribution >= 4 is 29.6 Å². The van der Waals surface area contributed by atoms with Gasteiger partial charge in [0.05, 0.1) is 6.21 Å². The van der Waals surface area contributed by atoms with Crippen molar-refractivity contribution in [2.75, 3.05) is 0 Å². The Morgan fingerprint density at radius 3 is 2.38 bits per heavy atom. The van der Waals surface area contributed by atoms with Crippen molar-refractivity contribution in [3.8, 4) is 5.75 Å². The summed E-state index contributed by atoms with van der Waals surface area (Å²) in [5, 5.41) is 16.7. The number of halogens is 1. The summed E-state index contributed by atoms with van der Waals surface area (Å²) in [6.07, 6.45) is 1.34. The van der Waals surface area contributed by atoms with E-state index in [0.29, 0.717) is 16.1 Å². The summed E-state index contributed by atoms with van der Waals surface area (Å²) in [6.45, 7) is 3.64. The highest BCUT2D eigenvalue weighted by Crippen LogP contribution is 2.13. The third-order valence-electron chi connectivity index (χ3n) is 3.66. The minimum Gasteiger partial charge on any atom is -0.507 e. The molecule has 0 aromatic heterocycles. The molecular formula is C19H20ClN3O3. The standard InChI is InChI=1S/C19H20ClN3O3/c1-12(2)17(22-18(25)13-7-9-15(20)10-8-13)19(26)23-21-11-14-5-3-4-6-16(14)24/h3-12,17,24H,1-2H3,(H,22,25)(H,23,26)/b21-11+. The Balaban J connectivity index is 2.02. The molecule has 0 heterocycles. The third kappa shape index (κ3) is 5.32. The molecule has 0 aliphatic rings. The fraction of sp³-hybridized carbons (Fsp3) is 0.211. The van der Waals surface area contributed by atoms with E-state index < -0.39 is 11.9 Å². The lowest BCUT2D eigenvalue weighted by atomic mass is 10.0. The molecule has 0 saturated carbocycles. The van der Waals surface area contributed by atoms with Gasteiger partial charge < -0.3 is 10.4 Å². The van der Waals surface area contributed by atoms with Gasteiger partial charge in [-0.25, -0.2) is 5.43 Å². The van der Waals surface area contributed by atoms with Crippen LogP contribution in [-0.4, -0.2) is 29.2 Å². The van der Waals surface area contributed by atoms with Gasteiger partial charge in [-0.05, 0) is 42.3 Å². The van der Waals surface area contributed by atoms with Crippen LogP contribution in [0.2, 0.25) is 5.02 Å². The normalized spacial score (nSPS) is 12.2. The van der Waals surface area contributed by atoms with E-state index >= 15 is 0 Å². The number of hydrogen-bond donors (Lipinski definition) is 3. The first-order valence-electron chi connectivity index (χ1n) is 8.06. The summed E-state index contributed by atoms with van der Waals surface area (Å²) in [5.74, 6) is -0.914. The predicted octanol–water partition coefficient (Wildman–Crippen LogP) is 2.95. The van der Waals surface area contributed by atoms with Crippen LogP contribution >= 0.6 is 11.6 Å². The van der Waals surface area contributed by atoms with Crippen molar-refractivity contribution in [3.63, 3.8) is 0 Å². The number of benzene rings is 2. The zero-order valence-corrected chi connectivity index (χ0v) is 15.2. The number of amides is 2. The van der Waals surface area contributed by atoms with E-state index in [1.54, 1.807) is 42.5 Å². The summed E-state index contributed by atoms with van der Waals surface area (Å²) in [7, 11) is 0. The molecule has 0 spiro atoms. The molecule has 2 rings (SSSR count). The number of carbonyl (C=O) groups is 2. The maximum atomic E-state index is 12.4. The van der Waals surface area contributed by atoms with Gasteiger partial charge in [-0.3, -0.25) is 9.59 Å². The number of nitrogens with zero attached hydrogens (tertiary/aromatic N) is 1. The third-order valence-corrected chi connectivity index (χ3v) is 3.91. The number of rotatable bonds is 6. The van der Waals surface area contributed by atoms with Crippen molar-refractivity contribution in [1.29, 1.82) is 0 Å². The SMILES string of the molecule is CC(C)C(NC(=O)c1ccc(Cl)cc1)C(=O)N/N=C/c1ccccc1O. The molecule has 6 nitrogen and oxygen atoms in total. The number of hydrazone groups is 1. The van der Waals surface area contributed by atoms with Gasteiger partial charge in [-0.1, -0.05) is 37.6 Å². The van der Waals surface area contributed by atoms with Gasteiger partial charge in [0.1, 0.15) is 11.8 Å². The molecule has 0 fully saturated rings. The molecule has 0 bridgehead atoms. The molecule has 3 N–H and O–H groups in total. The monoisotopic (exact) mass is 373 g/mol. The van der Waals surface area contributed by atoms with Crippen molar-refractivity contribution in [1.82, 2.24) is 10.7 Å². The Morgan fingerprint density at radius 2 is 1.77 bits per heavy atom. The maximum absolute atomic E-state index is 12.4. The van der Waals surface area contributed by atoms with Gasteiger partial charge in [0.15, 0.2) is 0 Å². The van der Waals surface area contributed by atoms with Crippen LogP contribution in [0.5, 0.6) is 5.75 Å². The van der Waals surface area contributed by atoms with Crippen LogP contribution in [0.4, 0.5) is 0 Å². The van der Waals surface area contributed by atoms with Crippen LogP contribution in [-0.2, 0) is 4.79 Å². The van der Waals surface area contributed by atoms with E-state index in [0.717, 1.165) is 0 Å². The zero-order valence-electron chi connectivity index (χ0n) is 14.4. The topological polar surface area (TPSA) is 90.8 Å². The zero-order chi connectivity index (χ0) is 19.1. The second kappa shape index (κ2) is 9.01. The molecule has 0 aliphatic carbocycles. The van der Waals surface area contributed by atoms with Gasteiger partial charge >= 0.3 is 0 Å². The van der Waals surface area contributed by atoms with Crippen LogP contribution in [0, 0.1) is 5.92 Å². The fourth-order valence-electron chi connectivity index (χ4n) is 2.19. The average Bonchev–Trinajstić information content (AvgIpc) is 2.61. The summed E-state index contributed by atoms with van der Waals surface area (Å²) in [4.78, 5) is 24.7. The van der Waals surface area contributed by atoms with Gasteiger partial charge in [0.2, 0.25) is 0 Å². The number of hydrogen-bond acceptors (Lipinski definition) is 4. The number of phenolic OH excluding ortho intramolecular Hbond substituents is 1. The van der Waals surface area contributed by atoms with Gasteiger partial charge in [0.25, 0.3) is 11.8 Å². The molecule has 26 heavy (non-hydrogen) atoms. The number of aromatic hydroxyl groups is 1. The number of para-hydroxylation sites is 1. The molecule has 2 amide bonds. The minimum absolute atomic E-state index is 0.0574. The Bertz CT molecular complexity index is 804. The van der Waals surface area contributed by atoms with Crippen LogP contribution in [0.25, 0.3) is 0 Å². The summed E-state index contributed by atoms with van der Waals surface area (Å²) in [6, 6.07) is 12.2. The van der Waals surface area contributed by atoms with Crippen molar-refractivity contribution in [2.24, 2.45) is 11.0 Å². The Hall–Kier alpha value is -2.86. The highest BCUT2D eigenvalue weighted by atomic mass is 35.5.